The number of nitrogens with one attached hydrogen (secondary N) is 3. The minimum Gasteiger partial charge on any atom is -0.493 e. The van der Waals surface area contributed by atoms with Crippen molar-refractivity contribution < 1.29 is 50.6 Å². The number of furan rings is 1. The average molecular weight is 846 g/mol. The molecule has 9 rings (SSSR count). The number of halogens is 1. The van der Waals surface area contributed by atoms with Gasteiger partial charge in [0, 0.05) is 17.7 Å². The van der Waals surface area contributed by atoms with Gasteiger partial charge in [-0.1, -0.05) is 31.1 Å². The summed E-state index contributed by atoms with van der Waals surface area (Å²) in [6.45, 7) is -0.129. The normalized spacial score (nSPS) is 27.1. The number of fused-ring (bicyclic) bond motifs is 6. The molecule has 4 heterocycles. The van der Waals surface area contributed by atoms with Crippen LogP contribution in [0.1, 0.15) is 83.5 Å². The molecular weight excluding hydrogens is 798 g/mol. The summed E-state index contributed by atoms with van der Waals surface area (Å²) in [4.78, 5) is 62.7. The summed E-state index contributed by atoms with van der Waals surface area (Å²) in [5.74, 6) is -2.48. The minimum atomic E-state index is -3.94. The molecule has 3 N–H and O–H groups in total. The SMILES string of the molecule is COc1cccc2c1oc1c(O[C@H]3C[C@H]4C(=O)N[C@]5(C(=O)NS(=O)(=O)C6CC6)C[C@H]5/C=C\CCCCC[C@@H](NC(=O)OC5CCCC5)C(=O)N4C3)c3cc(F)ccc3nc12. The van der Waals surface area contributed by atoms with Crippen molar-refractivity contribution in [2.45, 2.75) is 119 Å². The monoisotopic (exact) mass is 845 g/mol. The lowest BCUT2D eigenvalue weighted by molar-refractivity contribution is -0.141. The van der Waals surface area contributed by atoms with Crippen molar-refractivity contribution in [2.24, 2.45) is 5.92 Å². The predicted molar refractivity (Wildman–Crippen MR) is 217 cm³/mol. The number of aromatic nitrogens is 1. The molecule has 2 aromatic heterocycles. The number of sulfonamides is 1. The number of amides is 4. The molecule has 5 atom stereocenters. The quantitative estimate of drug-likeness (QED) is 0.185. The maximum absolute atomic E-state index is 14.9. The topological polar surface area (TPSA) is 195 Å². The third kappa shape index (κ3) is 7.71. The number of allylic oxidation sites excluding steroid dienone is 1. The van der Waals surface area contributed by atoms with Crippen molar-refractivity contribution in [3.05, 3.63) is 54.4 Å². The summed E-state index contributed by atoms with van der Waals surface area (Å²) in [5.41, 5.74) is -0.105. The third-order valence-corrected chi connectivity index (χ3v) is 14.3. The molecule has 2 aliphatic heterocycles. The van der Waals surface area contributed by atoms with Crippen LogP contribution >= 0.6 is 0 Å². The van der Waals surface area contributed by atoms with Crippen LogP contribution in [0.5, 0.6) is 11.5 Å². The van der Waals surface area contributed by atoms with E-state index in [-0.39, 0.29) is 43.2 Å². The van der Waals surface area contributed by atoms with Crippen LogP contribution < -0.4 is 24.8 Å². The number of para-hydroxylation sites is 1. The Morgan fingerprint density at radius 1 is 0.983 bits per heavy atom. The molecule has 0 radical (unpaired) electrons. The number of carbonyl (C=O) groups excluding carboxylic acids is 4. The van der Waals surface area contributed by atoms with Crippen molar-refractivity contribution >= 4 is 66.8 Å². The summed E-state index contributed by atoms with van der Waals surface area (Å²) in [7, 11) is -2.43. The molecule has 15 nitrogen and oxygen atoms in total. The highest BCUT2D eigenvalue weighted by Crippen LogP contribution is 2.47. The van der Waals surface area contributed by atoms with Gasteiger partial charge in [0.2, 0.25) is 21.8 Å². The van der Waals surface area contributed by atoms with Crippen LogP contribution in [0.15, 0.2) is 53.0 Å². The van der Waals surface area contributed by atoms with E-state index in [0.717, 1.165) is 38.5 Å². The van der Waals surface area contributed by atoms with Gasteiger partial charge in [-0.15, -0.1) is 0 Å². The third-order valence-electron chi connectivity index (χ3n) is 12.5. The number of benzene rings is 2. The first-order valence-electron chi connectivity index (χ1n) is 20.9. The van der Waals surface area contributed by atoms with Crippen LogP contribution in [-0.4, -0.2) is 90.9 Å². The number of nitrogens with zero attached hydrogens (tertiary/aromatic N) is 2. The molecule has 3 aliphatic carbocycles. The molecule has 318 valence electrons. The molecule has 0 bridgehead atoms. The van der Waals surface area contributed by atoms with Crippen molar-refractivity contribution in [1.82, 2.24) is 25.2 Å². The second kappa shape index (κ2) is 15.9. The number of alkyl carbamates (subject to hydrolysis) is 1. The number of methoxy groups -OCH3 is 1. The van der Waals surface area contributed by atoms with Gasteiger partial charge in [-0.05, 0) is 94.5 Å². The fourth-order valence-electron chi connectivity index (χ4n) is 9.00. The Bertz CT molecular complexity index is 2520. The minimum absolute atomic E-state index is 0.0699. The van der Waals surface area contributed by atoms with Crippen molar-refractivity contribution in [2.75, 3.05) is 13.7 Å². The zero-order valence-corrected chi connectivity index (χ0v) is 34.1. The van der Waals surface area contributed by atoms with Crippen molar-refractivity contribution in [3.63, 3.8) is 0 Å². The number of carbonyl (C=O) groups is 4. The van der Waals surface area contributed by atoms with Crippen molar-refractivity contribution in [1.29, 1.82) is 0 Å². The number of hydrogen-bond acceptors (Lipinski definition) is 11. The molecule has 17 heteroatoms. The Morgan fingerprint density at radius 2 is 1.78 bits per heavy atom. The number of hydrogen-bond donors (Lipinski definition) is 3. The highest BCUT2D eigenvalue weighted by atomic mass is 32.2. The predicted octanol–water partition coefficient (Wildman–Crippen LogP) is 5.67. The molecule has 5 aliphatic rings. The highest BCUT2D eigenvalue weighted by molar-refractivity contribution is 7.91. The van der Waals surface area contributed by atoms with E-state index in [1.54, 1.807) is 12.1 Å². The van der Waals surface area contributed by atoms with Crippen LogP contribution in [0.4, 0.5) is 9.18 Å². The van der Waals surface area contributed by atoms with E-state index in [2.05, 4.69) is 15.4 Å². The highest BCUT2D eigenvalue weighted by Gasteiger charge is 2.62. The van der Waals surface area contributed by atoms with Gasteiger partial charge in [0.1, 0.15) is 41.2 Å². The van der Waals surface area contributed by atoms with E-state index in [1.165, 1.54) is 30.2 Å². The zero-order valence-electron chi connectivity index (χ0n) is 33.2. The van der Waals surface area contributed by atoms with Gasteiger partial charge in [0.05, 0.1) is 29.8 Å². The van der Waals surface area contributed by atoms with E-state index in [1.807, 2.05) is 18.2 Å². The van der Waals surface area contributed by atoms with Gasteiger partial charge in [0.15, 0.2) is 22.7 Å². The van der Waals surface area contributed by atoms with Crippen LogP contribution in [0.2, 0.25) is 0 Å². The number of pyridine rings is 1. The molecular formula is C43H48FN5O10S. The van der Waals surface area contributed by atoms with E-state index in [9.17, 15) is 32.0 Å². The fraction of sp³-hybridized carbons (Fsp3) is 0.512. The van der Waals surface area contributed by atoms with Gasteiger partial charge >= 0.3 is 6.09 Å². The smallest absolute Gasteiger partial charge is 0.408 e. The molecule has 60 heavy (non-hydrogen) atoms. The molecule has 4 amide bonds. The molecule has 1 saturated heterocycles. The molecule has 2 aromatic carbocycles. The molecule has 4 fully saturated rings. The summed E-state index contributed by atoms with van der Waals surface area (Å²) >= 11 is 0. The average Bonchev–Trinajstić information content (AvgIpc) is 4.04. The van der Waals surface area contributed by atoms with Crippen LogP contribution in [-0.2, 0) is 29.1 Å². The number of ether oxygens (including phenoxy) is 3. The lowest BCUT2D eigenvalue weighted by atomic mass is 10.0. The lowest BCUT2D eigenvalue weighted by Crippen LogP contribution is -2.58. The van der Waals surface area contributed by atoms with Gasteiger partial charge < -0.3 is 34.2 Å². The van der Waals surface area contributed by atoms with Gasteiger partial charge in [-0.3, -0.25) is 19.1 Å². The Labute approximate surface area is 345 Å². The zero-order chi connectivity index (χ0) is 41.8. The number of rotatable bonds is 8. The van der Waals surface area contributed by atoms with Crippen LogP contribution in [0.25, 0.3) is 33.0 Å². The maximum atomic E-state index is 14.9. The van der Waals surface area contributed by atoms with Gasteiger partial charge in [0.25, 0.3) is 5.91 Å². The Hall–Kier alpha value is -5.45. The Kier molecular flexibility index (Phi) is 10.6. The first kappa shape index (κ1) is 40.0. The summed E-state index contributed by atoms with van der Waals surface area (Å²) in [5, 5.41) is 5.95. The first-order chi connectivity index (χ1) is 28.9. The van der Waals surface area contributed by atoms with Gasteiger partial charge in [-0.2, -0.15) is 0 Å². The first-order valence-corrected chi connectivity index (χ1v) is 22.5. The lowest BCUT2D eigenvalue weighted by Gasteiger charge is -2.30. The standard InChI is InChI=1S/C43H48FN5O10S/c1-56-34-15-9-13-29-35-38(59-36(29)34)37(30-20-25(44)16-19-31(30)45-35)57-27-21-33-39(50)47-43(41(52)48-60(54,55)28-17-18-28)22-24(43)10-5-3-2-4-6-14-32(40(51)49(33)23-27)46-42(53)58-26-11-7-8-12-26/h5,9-10,13,15-16,19-20,24,26-28,32-33H,2-4,6-8,11-12,14,17-18,21-23H2,1H3,(H,46,53)(H,47,50)(H,48,52)/b10-5-/t24-,27+,32-,33+,43-/m1/s1. The molecule has 0 unspecified atom stereocenters. The van der Waals surface area contributed by atoms with Crippen LogP contribution in [0, 0.1) is 11.7 Å². The fourth-order valence-corrected chi connectivity index (χ4v) is 10.4. The van der Waals surface area contributed by atoms with Crippen LogP contribution in [0.3, 0.4) is 0 Å². The summed E-state index contributed by atoms with van der Waals surface area (Å²) in [6, 6.07) is 7.18. The van der Waals surface area contributed by atoms with E-state index in [4.69, 9.17) is 23.6 Å². The Balaban J connectivity index is 1.08. The molecule has 0 spiro atoms. The van der Waals surface area contributed by atoms with E-state index in [0.29, 0.717) is 58.8 Å². The van der Waals surface area contributed by atoms with Gasteiger partial charge in [-0.25, -0.2) is 22.6 Å². The second-order valence-electron chi connectivity index (χ2n) is 16.7. The van der Waals surface area contributed by atoms with E-state index < -0.39 is 74.5 Å². The molecule has 3 saturated carbocycles. The maximum Gasteiger partial charge on any atom is 0.408 e. The largest absolute Gasteiger partial charge is 0.493 e. The summed E-state index contributed by atoms with van der Waals surface area (Å²) < 4.78 is 67.3. The second-order valence-corrected chi connectivity index (χ2v) is 18.7. The van der Waals surface area contributed by atoms with E-state index >= 15 is 0 Å². The van der Waals surface area contributed by atoms with Crippen molar-refractivity contribution in [3.8, 4) is 11.5 Å². The summed E-state index contributed by atoms with van der Waals surface area (Å²) in [6.07, 6.45) is 9.35. The molecule has 4 aromatic rings. The Morgan fingerprint density at radius 3 is 2.57 bits per heavy atom.